The fourth-order valence-corrected chi connectivity index (χ4v) is 3.60. The number of fused-ring (bicyclic) bond motifs is 1. The summed E-state index contributed by atoms with van der Waals surface area (Å²) in [6.07, 6.45) is 1.09. The fraction of sp³-hybridized carbons (Fsp3) is 0.130. The van der Waals surface area contributed by atoms with Crippen molar-refractivity contribution in [1.29, 1.82) is 0 Å². The molecule has 3 aromatic rings. The summed E-state index contributed by atoms with van der Waals surface area (Å²) in [5.74, 6) is 0.408. The number of aryl methyl sites for hydroxylation is 2. The maximum absolute atomic E-state index is 12.3. The number of amides is 1. The van der Waals surface area contributed by atoms with Crippen LogP contribution in [-0.2, 0) is 4.84 Å². The number of anilines is 1. The van der Waals surface area contributed by atoms with Crippen molar-refractivity contribution in [3.05, 3.63) is 87.7 Å². The minimum absolute atomic E-state index is 0.203. The van der Waals surface area contributed by atoms with E-state index in [0.717, 1.165) is 38.3 Å². The Morgan fingerprint density at radius 3 is 2.61 bits per heavy atom. The number of para-hydroxylation sites is 1. The van der Waals surface area contributed by atoms with Crippen molar-refractivity contribution in [2.24, 2.45) is 9.98 Å². The minimum Gasteiger partial charge on any atom is -0.323 e. The number of rotatable bonds is 2. The molecule has 2 heterocycles. The molecule has 0 fully saturated rings. The summed E-state index contributed by atoms with van der Waals surface area (Å²) in [6.45, 7) is 4.05. The molecule has 156 valence electrons. The van der Waals surface area contributed by atoms with E-state index in [9.17, 15) is 4.79 Å². The molecule has 1 aliphatic rings. The van der Waals surface area contributed by atoms with Crippen LogP contribution in [0.15, 0.2) is 75.3 Å². The van der Waals surface area contributed by atoms with Gasteiger partial charge in [0.2, 0.25) is 0 Å². The predicted molar refractivity (Wildman–Crippen MR) is 125 cm³/mol. The van der Waals surface area contributed by atoms with E-state index >= 15 is 0 Å². The van der Waals surface area contributed by atoms with E-state index in [4.69, 9.17) is 4.84 Å². The molecular weight excluding hydrogens is 458 g/mol. The third kappa shape index (κ3) is 4.80. The lowest BCUT2D eigenvalue weighted by Crippen LogP contribution is -2.31. The first-order valence-electron chi connectivity index (χ1n) is 9.64. The number of amidine groups is 1. The lowest BCUT2D eigenvalue weighted by molar-refractivity contribution is 0.134. The van der Waals surface area contributed by atoms with Crippen LogP contribution in [-0.4, -0.2) is 29.2 Å². The second kappa shape index (κ2) is 9.09. The molecule has 31 heavy (non-hydrogen) atoms. The Kier molecular flexibility index (Phi) is 6.08. The van der Waals surface area contributed by atoms with Gasteiger partial charge in [0.05, 0.1) is 17.1 Å². The van der Waals surface area contributed by atoms with Gasteiger partial charge in [0.15, 0.2) is 5.84 Å². The number of carbonyl (C=O) groups excluding carboxylic acids is 1. The summed E-state index contributed by atoms with van der Waals surface area (Å²) in [5, 5.41) is 2.76. The standard InChI is InChI=1S/C23H20BrN5O2/c1-14-6-5-7-15(2)21(14)28-23(30)31-29-20-13-26-22(19-8-3-4-11-25-19)17-12-16(24)9-10-18(17)27-20/h3-12H,13H2,1-2H3,(H,27,29)(H,28,30). The van der Waals surface area contributed by atoms with Crippen LogP contribution in [0, 0.1) is 13.8 Å². The number of hydrogen-bond acceptors (Lipinski definition) is 6. The summed E-state index contributed by atoms with van der Waals surface area (Å²) >= 11 is 3.51. The third-order valence-electron chi connectivity index (χ3n) is 4.73. The van der Waals surface area contributed by atoms with Gasteiger partial charge in [-0.25, -0.2) is 15.3 Å². The molecule has 0 aliphatic carbocycles. The van der Waals surface area contributed by atoms with Crippen LogP contribution in [0.4, 0.5) is 16.2 Å². The molecule has 1 aromatic heterocycles. The lowest BCUT2D eigenvalue weighted by atomic mass is 10.0. The molecule has 0 bridgehead atoms. The minimum atomic E-state index is -0.630. The van der Waals surface area contributed by atoms with Crippen molar-refractivity contribution in [2.45, 2.75) is 13.8 Å². The van der Waals surface area contributed by atoms with E-state index in [1.165, 1.54) is 0 Å². The van der Waals surface area contributed by atoms with Crippen LogP contribution in [0.25, 0.3) is 0 Å². The Balaban J connectivity index is 1.54. The average molecular weight is 478 g/mol. The van der Waals surface area contributed by atoms with Crippen molar-refractivity contribution in [3.63, 3.8) is 0 Å². The number of nitrogens with zero attached hydrogens (tertiary/aromatic N) is 3. The molecule has 1 amide bonds. The first kappa shape index (κ1) is 20.7. The maximum atomic E-state index is 12.3. The zero-order valence-corrected chi connectivity index (χ0v) is 18.6. The van der Waals surface area contributed by atoms with Crippen LogP contribution >= 0.6 is 15.9 Å². The van der Waals surface area contributed by atoms with E-state index in [1.807, 2.05) is 68.4 Å². The maximum Gasteiger partial charge on any atom is 0.435 e. The lowest BCUT2D eigenvalue weighted by Gasteiger charge is -2.12. The summed E-state index contributed by atoms with van der Waals surface area (Å²) in [4.78, 5) is 31.2. The van der Waals surface area contributed by atoms with Crippen LogP contribution in [0.3, 0.4) is 0 Å². The van der Waals surface area contributed by atoms with Gasteiger partial charge in [0.1, 0.15) is 6.54 Å². The summed E-state index contributed by atoms with van der Waals surface area (Å²) in [5.41, 5.74) is 8.28. The van der Waals surface area contributed by atoms with E-state index in [2.05, 4.69) is 41.7 Å². The highest BCUT2D eigenvalue weighted by Crippen LogP contribution is 2.28. The number of nitrogens with one attached hydrogen (secondary N) is 2. The van der Waals surface area contributed by atoms with Gasteiger partial charge in [0.25, 0.3) is 0 Å². The van der Waals surface area contributed by atoms with Crippen molar-refractivity contribution in [2.75, 3.05) is 11.9 Å². The molecule has 4 rings (SSSR count). The molecule has 0 unspecified atom stereocenters. The molecule has 0 saturated heterocycles. The Labute approximate surface area is 188 Å². The highest BCUT2D eigenvalue weighted by molar-refractivity contribution is 9.10. The molecule has 2 aromatic carbocycles. The first-order valence-corrected chi connectivity index (χ1v) is 10.4. The normalized spacial score (nSPS) is 12.7. The molecule has 7 nitrogen and oxygen atoms in total. The van der Waals surface area contributed by atoms with Gasteiger partial charge < -0.3 is 4.84 Å². The predicted octanol–water partition coefficient (Wildman–Crippen LogP) is 5.10. The highest BCUT2D eigenvalue weighted by Gasteiger charge is 2.18. The van der Waals surface area contributed by atoms with Crippen LogP contribution in [0.1, 0.15) is 22.4 Å². The van der Waals surface area contributed by atoms with E-state index < -0.39 is 6.09 Å². The summed E-state index contributed by atoms with van der Waals surface area (Å²) < 4.78 is 0.908. The quantitative estimate of drug-likeness (QED) is 0.502. The van der Waals surface area contributed by atoms with Crippen molar-refractivity contribution in [3.8, 4) is 0 Å². The molecule has 0 atom stereocenters. The van der Waals surface area contributed by atoms with Crippen molar-refractivity contribution >= 4 is 44.9 Å². The topological polar surface area (TPSA) is 88.0 Å². The highest BCUT2D eigenvalue weighted by atomic mass is 79.9. The van der Waals surface area contributed by atoms with Gasteiger partial charge in [0, 0.05) is 21.9 Å². The van der Waals surface area contributed by atoms with Crippen LogP contribution in [0.2, 0.25) is 0 Å². The van der Waals surface area contributed by atoms with Crippen LogP contribution < -0.4 is 10.8 Å². The van der Waals surface area contributed by atoms with Gasteiger partial charge in [-0.15, -0.1) is 0 Å². The first-order chi connectivity index (χ1) is 15.0. The van der Waals surface area contributed by atoms with Gasteiger partial charge >= 0.3 is 6.09 Å². The molecule has 1 aliphatic heterocycles. The van der Waals surface area contributed by atoms with Gasteiger partial charge in [-0.05, 0) is 55.3 Å². The number of hydroxylamine groups is 1. The van der Waals surface area contributed by atoms with E-state index in [0.29, 0.717) is 11.5 Å². The SMILES string of the molecule is Cc1cccc(C)c1NC(=O)ONC1=Nc2ccc(Br)cc2C(c2ccccn2)=NC1. The second-order valence-electron chi connectivity index (χ2n) is 6.98. The molecule has 0 saturated carbocycles. The number of hydrogen-bond donors (Lipinski definition) is 2. The number of aliphatic imine (C=N–C) groups is 2. The Morgan fingerprint density at radius 1 is 1.06 bits per heavy atom. The average Bonchev–Trinajstić information content (AvgIpc) is 2.94. The van der Waals surface area contributed by atoms with Crippen molar-refractivity contribution in [1.82, 2.24) is 10.5 Å². The summed E-state index contributed by atoms with van der Waals surface area (Å²) in [7, 11) is 0. The molecule has 0 spiro atoms. The monoisotopic (exact) mass is 477 g/mol. The largest absolute Gasteiger partial charge is 0.435 e. The van der Waals surface area contributed by atoms with Gasteiger partial charge in [-0.3, -0.25) is 15.3 Å². The smallest absolute Gasteiger partial charge is 0.323 e. The van der Waals surface area contributed by atoms with Crippen LogP contribution in [0.5, 0.6) is 0 Å². The van der Waals surface area contributed by atoms with E-state index in [1.54, 1.807) is 6.20 Å². The number of aromatic nitrogens is 1. The fourth-order valence-electron chi connectivity index (χ4n) is 3.24. The Bertz CT molecular complexity index is 1170. The Morgan fingerprint density at radius 2 is 1.87 bits per heavy atom. The zero-order chi connectivity index (χ0) is 21.8. The molecule has 0 radical (unpaired) electrons. The van der Waals surface area contributed by atoms with E-state index in [-0.39, 0.29) is 6.54 Å². The number of halogens is 1. The van der Waals surface area contributed by atoms with Gasteiger partial charge in [-0.2, -0.15) is 0 Å². The van der Waals surface area contributed by atoms with Gasteiger partial charge in [-0.1, -0.05) is 40.2 Å². The number of carbonyl (C=O) groups is 1. The molecular formula is C23H20BrN5O2. The Hall–Kier alpha value is -3.52. The van der Waals surface area contributed by atoms with Crippen molar-refractivity contribution < 1.29 is 9.63 Å². The molecule has 2 N–H and O–H groups in total. The summed E-state index contributed by atoms with van der Waals surface area (Å²) in [6, 6.07) is 17.2. The molecule has 8 heteroatoms. The second-order valence-corrected chi connectivity index (χ2v) is 7.90. The zero-order valence-electron chi connectivity index (χ0n) is 17.0. The number of benzene rings is 2. The number of pyridine rings is 1. The third-order valence-corrected chi connectivity index (χ3v) is 5.23.